The van der Waals surface area contributed by atoms with E-state index in [1.807, 2.05) is 0 Å². The summed E-state index contributed by atoms with van der Waals surface area (Å²) in [5, 5.41) is 2.89. The lowest BCUT2D eigenvalue weighted by Gasteiger charge is -2.29. The van der Waals surface area contributed by atoms with Crippen molar-refractivity contribution in [3.05, 3.63) is 0 Å². The van der Waals surface area contributed by atoms with Crippen molar-refractivity contribution in [2.75, 3.05) is 6.54 Å². The van der Waals surface area contributed by atoms with E-state index < -0.39 is 12.1 Å². The summed E-state index contributed by atoms with van der Waals surface area (Å²) in [7, 11) is 0. The number of nitrogens with one attached hydrogen (secondary N) is 1. The van der Waals surface area contributed by atoms with Crippen LogP contribution < -0.4 is 5.32 Å². The maximum atomic E-state index is 12.5. The Morgan fingerprint density at radius 1 is 1.16 bits per heavy atom. The van der Waals surface area contributed by atoms with E-state index in [1.165, 1.54) is 0 Å². The molecule has 0 bridgehead atoms. The van der Waals surface area contributed by atoms with Crippen LogP contribution in [-0.2, 0) is 4.79 Å². The van der Waals surface area contributed by atoms with Gasteiger partial charge in [-0.25, -0.2) is 0 Å². The van der Waals surface area contributed by atoms with E-state index in [4.69, 9.17) is 0 Å². The predicted molar refractivity (Wildman–Crippen MR) is 68.6 cm³/mol. The molecular weight excluding hydrogens is 255 g/mol. The number of carbonyl (C=O) groups is 1. The van der Waals surface area contributed by atoms with Crippen molar-refractivity contribution in [1.82, 2.24) is 5.32 Å². The molecule has 1 amide bonds. The number of hydrogen-bond donors (Lipinski definition) is 1. The maximum absolute atomic E-state index is 12.5. The van der Waals surface area contributed by atoms with Gasteiger partial charge in [-0.3, -0.25) is 4.79 Å². The van der Waals surface area contributed by atoms with Gasteiger partial charge in [0.15, 0.2) is 0 Å². The number of hydrogen-bond acceptors (Lipinski definition) is 1. The van der Waals surface area contributed by atoms with Crippen molar-refractivity contribution >= 4 is 5.91 Å². The fourth-order valence-corrected chi connectivity index (χ4v) is 2.65. The zero-order valence-corrected chi connectivity index (χ0v) is 11.7. The quantitative estimate of drug-likeness (QED) is 0.812. The average molecular weight is 279 g/mol. The smallest absolute Gasteiger partial charge is 0.356 e. The first-order valence-corrected chi connectivity index (χ1v) is 7.22. The highest BCUT2D eigenvalue weighted by Crippen LogP contribution is 2.39. The fraction of sp³-hybridized carbons (Fsp3) is 0.929. The normalized spacial score (nSPS) is 24.5. The van der Waals surface area contributed by atoms with E-state index in [9.17, 15) is 18.0 Å². The molecule has 0 radical (unpaired) electrons. The second-order valence-electron chi connectivity index (χ2n) is 5.52. The summed E-state index contributed by atoms with van der Waals surface area (Å²) in [6, 6.07) is 0. The lowest BCUT2D eigenvalue weighted by molar-refractivity contribution is -0.184. The Morgan fingerprint density at radius 2 is 1.68 bits per heavy atom. The van der Waals surface area contributed by atoms with Gasteiger partial charge in [0.1, 0.15) is 0 Å². The SMILES string of the molecule is CCC(CC)CNC(=O)C1CCC(C(F)(F)F)CC1. The Labute approximate surface area is 113 Å². The van der Waals surface area contributed by atoms with Crippen molar-refractivity contribution in [2.45, 2.75) is 58.5 Å². The van der Waals surface area contributed by atoms with Crippen LogP contribution in [0.2, 0.25) is 0 Å². The molecule has 1 rings (SSSR count). The summed E-state index contributed by atoms with van der Waals surface area (Å²) < 4.78 is 37.5. The largest absolute Gasteiger partial charge is 0.391 e. The van der Waals surface area contributed by atoms with Gasteiger partial charge in [0.2, 0.25) is 5.91 Å². The summed E-state index contributed by atoms with van der Waals surface area (Å²) in [4.78, 5) is 11.9. The summed E-state index contributed by atoms with van der Waals surface area (Å²) in [6.45, 7) is 4.80. The molecule has 0 aromatic rings. The summed E-state index contributed by atoms with van der Waals surface area (Å²) >= 11 is 0. The number of carbonyl (C=O) groups excluding carboxylic acids is 1. The minimum absolute atomic E-state index is 0.0625. The minimum Gasteiger partial charge on any atom is -0.356 e. The molecular formula is C14H24F3NO. The second kappa shape index (κ2) is 7.15. The second-order valence-corrected chi connectivity index (χ2v) is 5.52. The van der Waals surface area contributed by atoms with Crippen molar-refractivity contribution in [3.8, 4) is 0 Å². The maximum Gasteiger partial charge on any atom is 0.391 e. The van der Waals surface area contributed by atoms with Crippen LogP contribution in [0.15, 0.2) is 0 Å². The molecule has 0 saturated heterocycles. The Balaban J connectivity index is 2.33. The van der Waals surface area contributed by atoms with Gasteiger partial charge in [-0.15, -0.1) is 0 Å². The molecule has 0 atom stereocenters. The molecule has 5 heteroatoms. The summed E-state index contributed by atoms with van der Waals surface area (Å²) in [5.74, 6) is -1.04. The van der Waals surface area contributed by atoms with E-state index in [0.717, 1.165) is 12.8 Å². The molecule has 2 nitrogen and oxygen atoms in total. The standard InChI is InChI=1S/C14H24F3NO/c1-3-10(4-2)9-18-13(19)11-5-7-12(8-6-11)14(15,16)17/h10-12H,3-9H2,1-2H3,(H,18,19). The minimum atomic E-state index is -4.10. The molecule has 0 aliphatic heterocycles. The van der Waals surface area contributed by atoms with Crippen LogP contribution in [0.1, 0.15) is 52.4 Å². The topological polar surface area (TPSA) is 29.1 Å². The molecule has 0 aromatic heterocycles. The Bertz CT molecular complexity index is 279. The first-order valence-electron chi connectivity index (χ1n) is 7.22. The van der Waals surface area contributed by atoms with Crippen molar-refractivity contribution in [1.29, 1.82) is 0 Å². The van der Waals surface area contributed by atoms with E-state index in [1.54, 1.807) is 0 Å². The summed E-state index contributed by atoms with van der Waals surface area (Å²) in [5.41, 5.74) is 0. The number of halogens is 3. The van der Waals surface area contributed by atoms with Gasteiger partial charge in [0.25, 0.3) is 0 Å². The monoisotopic (exact) mass is 279 g/mol. The van der Waals surface area contributed by atoms with Crippen LogP contribution in [0.4, 0.5) is 13.2 Å². The van der Waals surface area contributed by atoms with Crippen LogP contribution in [0, 0.1) is 17.8 Å². The van der Waals surface area contributed by atoms with Gasteiger partial charge in [-0.05, 0) is 31.6 Å². The fourth-order valence-electron chi connectivity index (χ4n) is 2.65. The van der Waals surface area contributed by atoms with E-state index >= 15 is 0 Å². The van der Waals surface area contributed by atoms with Gasteiger partial charge in [-0.1, -0.05) is 26.7 Å². The lowest BCUT2D eigenvalue weighted by Crippen LogP contribution is -2.37. The molecule has 0 aromatic carbocycles. The zero-order chi connectivity index (χ0) is 14.5. The van der Waals surface area contributed by atoms with Crippen LogP contribution in [-0.4, -0.2) is 18.6 Å². The van der Waals surface area contributed by atoms with Gasteiger partial charge in [0.05, 0.1) is 5.92 Å². The average Bonchev–Trinajstić information content (AvgIpc) is 2.39. The van der Waals surface area contributed by atoms with Gasteiger partial charge in [0, 0.05) is 12.5 Å². The number of alkyl halides is 3. The molecule has 112 valence electrons. The van der Waals surface area contributed by atoms with Crippen molar-refractivity contribution < 1.29 is 18.0 Å². The predicted octanol–water partition coefficient (Wildman–Crippen LogP) is 3.91. The third-order valence-electron chi connectivity index (χ3n) is 4.28. The van der Waals surface area contributed by atoms with E-state index in [-0.39, 0.29) is 24.7 Å². The highest BCUT2D eigenvalue weighted by molar-refractivity contribution is 5.78. The highest BCUT2D eigenvalue weighted by Gasteiger charge is 2.42. The molecule has 1 N–H and O–H groups in total. The molecule has 0 unspecified atom stereocenters. The molecule has 19 heavy (non-hydrogen) atoms. The Hall–Kier alpha value is -0.740. The molecule has 1 aliphatic carbocycles. The number of amides is 1. The van der Waals surface area contributed by atoms with Gasteiger partial charge < -0.3 is 5.32 Å². The third kappa shape index (κ3) is 5.03. The lowest BCUT2D eigenvalue weighted by atomic mass is 9.81. The molecule has 0 spiro atoms. The van der Waals surface area contributed by atoms with Gasteiger partial charge in [-0.2, -0.15) is 13.2 Å². The van der Waals surface area contributed by atoms with E-state index in [0.29, 0.717) is 25.3 Å². The highest BCUT2D eigenvalue weighted by atomic mass is 19.4. The first-order chi connectivity index (χ1) is 8.88. The van der Waals surface area contributed by atoms with Crippen molar-refractivity contribution in [3.63, 3.8) is 0 Å². The van der Waals surface area contributed by atoms with Crippen LogP contribution >= 0.6 is 0 Å². The molecule has 0 heterocycles. The third-order valence-corrected chi connectivity index (χ3v) is 4.28. The first kappa shape index (κ1) is 16.3. The molecule has 1 aliphatic rings. The van der Waals surface area contributed by atoms with Crippen LogP contribution in [0.5, 0.6) is 0 Å². The Morgan fingerprint density at radius 3 is 2.11 bits per heavy atom. The van der Waals surface area contributed by atoms with Crippen LogP contribution in [0.25, 0.3) is 0 Å². The molecule has 1 saturated carbocycles. The zero-order valence-electron chi connectivity index (χ0n) is 11.7. The van der Waals surface area contributed by atoms with Crippen molar-refractivity contribution in [2.24, 2.45) is 17.8 Å². The number of rotatable bonds is 5. The van der Waals surface area contributed by atoms with Gasteiger partial charge >= 0.3 is 6.18 Å². The summed E-state index contributed by atoms with van der Waals surface area (Å²) in [6.07, 6.45) is -1.18. The van der Waals surface area contributed by atoms with Crippen LogP contribution in [0.3, 0.4) is 0 Å². The van der Waals surface area contributed by atoms with E-state index in [2.05, 4.69) is 19.2 Å². The Kier molecular flexibility index (Phi) is 6.14. The molecule has 1 fully saturated rings.